The van der Waals surface area contributed by atoms with Crippen LogP contribution in [-0.2, 0) is 9.59 Å². The highest BCUT2D eigenvalue weighted by molar-refractivity contribution is 5.87. The first-order valence-electron chi connectivity index (χ1n) is 8.73. The molecule has 1 aliphatic rings. The number of carbonyl (C=O) groups excluding carboxylic acids is 2. The smallest absolute Gasteiger partial charge is 0.242 e. The summed E-state index contributed by atoms with van der Waals surface area (Å²) in [6, 6.07) is 3.42. The molecule has 1 aromatic heterocycles. The Balaban J connectivity index is 1.77. The molecule has 132 valence electrons. The number of aryl methyl sites for hydroxylation is 1. The Labute approximate surface area is 143 Å². The first-order valence-corrected chi connectivity index (χ1v) is 8.73. The Morgan fingerprint density at radius 1 is 1.25 bits per heavy atom. The third-order valence-electron chi connectivity index (χ3n) is 4.12. The molecule has 0 aromatic carbocycles. The summed E-state index contributed by atoms with van der Waals surface area (Å²) in [5, 5.41) is 14.0. The molecule has 1 saturated heterocycles. The summed E-state index contributed by atoms with van der Waals surface area (Å²) >= 11 is 0. The molecule has 7 nitrogen and oxygen atoms in total. The number of rotatable bonds is 7. The molecule has 0 bridgehead atoms. The molecule has 7 heteroatoms. The van der Waals surface area contributed by atoms with Gasteiger partial charge in [0.15, 0.2) is 0 Å². The van der Waals surface area contributed by atoms with E-state index in [0.29, 0.717) is 31.9 Å². The number of carbonyl (C=O) groups is 2. The van der Waals surface area contributed by atoms with Crippen LogP contribution in [0.1, 0.15) is 44.7 Å². The Bertz CT molecular complexity index is 546. The van der Waals surface area contributed by atoms with Crippen molar-refractivity contribution in [3.63, 3.8) is 0 Å². The lowest BCUT2D eigenvalue weighted by atomic mass is 10.0. The molecule has 0 radical (unpaired) electrons. The summed E-state index contributed by atoms with van der Waals surface area (Å²) in [6.45, 7) is 5.61. The Morgan fingerprint density at radius 3 is 2.79 bits per heavy atom. The Morgan fingerprint density at radius 2 is 2.08 bits per heavy atom. The van der Waals surface area contributed by atoms with E-state index in [-0.39, 0.29) is 17.9 Å². The van der Waals surface area contributed by atoms with Gasteiger partial charge in [-0.1, -0.05) is 6.92 Å². The van der Waals surface area contributed by atoms with Crippen LogP contribution >= 0.6 is 0 Å². The second-order valence-electron chi connectivity index (χ2n) is 6.13. The zero-order valence-electron chi connectivity index (χ0n) is 14.5. The minimum Gasteiger partial charge on any atom is -0.367 e. The van der Waals surface area contributed by atoms with Crippen LogP contribution in [0.25, 0.3) is 0 Å². The number of hydrogen-bond donors (Lipinski definition) is 2. The third-order valence-corrected chi connectivity index (χ3v) is 4.12. The van der Waals surface area contributed by atoms with Crippen LogP contribution in [0.15, 0.2) is 12.1 Å². The normalized spacial score (nSPS) is 17.4. The third kappa shape index (κ3) is 5.18. The summed E-state index contributed by atoms with van der Waals surface area (Å²) < 4.78 is 0. The number of nitrogens with one attached hydrogen (secondary N) is 2. The Kier molecular flexibility index (Phi) is 6.96. The van der Waals surface area contributed by atoms with Crippen LogP contribution < -0.4 is 10.6 Å². The molecule has 1 fully saturated rings. The van der Waals surface area contributed by atoms with Crippen molar-refractivity contribution in [2.45, 2.75) is 52.0 Å². The van der Waals surface area contributed by atoms with Gasteiger partial charge in [-0.05, 0) is 44.7 Å². The highest BCUT2D eigenvalue weighted by Crippen LogP contribution is 2.18. The second-order valence-corrected chi connectivity index (χ2v) is 6.13. The summed E-state index contributed by atoms with van der Waals surface area (Å²) in [7, 11) is 0. The molecule has 1 unspecified atom stereocenters. The first kappa shape index (κ1) is 18.2. The highest BCUT2D eigenvalue weighted by Gasteiger charge is 2.31. The number of aromatic nitrogens is 2. The van der Waals surface area contributed by atoms with E-state index in [9.17, 15) is 9.59 Å². The molecule has 2 heterocycles. The fourth-order valence-corrected chi connectivity index (χ4v) is 2.85. The van der Waals surface area contributed by atoms with E-state index in [1.54, 1.807) is 4.90 Å². The summed E-state index contributed by atoms with van der Waals surface area (Å²) in [5.41, 5.74) is 0.864. The lowest BCUT2D eigenvalue weighted by Gasteiger charge is -2.34. The van der Waals surface area contributed by atoms with Crippen molar-refractivity contribution in [2.24, 2.45) is 0 Å². The lowest BCUT2D eigenvalue weighted by molar-refractivity contribution is -0.142. The van der Waals surface area contributed by atoms with Crippen LogP contribution in [0.4, 0.5) is 5.82 Å². The number of piperidine rings is 1. The van der Waals surface area contributed by atoms with Gasteiger partial charge >= 0.3 is 0 Å². The monoisotopic (exact) mass is 333 g/mol. The van der Waals surface area contributed by atoms with E-state index < -0.39 is 0 Å². The van der Waals surface area contributed by atoms with Crippen LogP contribution in [0, 0.1) is 6.92 Å². The zero-order chi connectivity index (χ0) is 17.4. The van der Waals surface area contributed by atoms with Crippen LogP contribution in [0.3, 0.4) is 0 Å². The maximum atomic E-state index is 12.4. The van der Waals surface area contributed by atoms with Gasteiger partial charge in [-0.15, -0.1) is 5.10 Å². The van der Waals surface area contributed by atoms with Gasteiger partial charge in [-0.2, -0.15) is 5.10 Å². The van der Waals surface area contributed by atoms with Crippen LogP contribution in [-0.4, -0.2) is 52.6 Å². The summed E-state index contributed by atoms with van der Waals surface area (Å²) in [6.07, 6.45) is 4.04. The standard InChI is InChI=1S/C17H27N5O2/c1-3-6-16(23)22-12-5-4-7-14(22)17(24)19-11-10-18-15-9-8-13(2)20-21-15/h8-9,14H,3-7,10-12H2,1-2H3,(H,18,21)(H,19,24). The molecule has 1 atom stereocenters. The van der Waals surface area contributed by atoms with Gasteiger partial charge in [-0.3, -0.25) is 9.59 Å². The molecular formula is C17H27N5O2. The van der Waals surface area contributed by atoms with E-state index in [1.807, 2.05) is 26.0 Å². The molecule has 1 aromatic rings. The maximum absolute atomic E-state index is 12.4. The summed E-state index contributed by atoms with van der Waals surface area (Å²) in [5.74, 6) is 0.716. The van der Waals surface area contributed by atoms with Gasteiger partial charge in [0.1, 0.15) is 11.9 Å². The predicted molar refractivity (Wildman–Crippen MR) is 92.5 cm³/mol. The number of anilines is 1. The molecule has 2 rings (SSSR count). The summed E-state index contributed by atoms with van der Waals surface area (Å²) in [4.78, 5) is 26.3. The van der Waals surface area contributed by atoms with Crippen LogP contribution in [0.5, 0.6) is 0 Å². The van der Waals surface area contributed by atoms with Gasteiger partial charge in [0, 0.05) is 26.1 Å². The topological polar surface area (TPSA) is 87.2 Å². The van der Waals surface area contributed by atoms with Crippen molar-refractivity contribution in [3.05, 3.63) is 17.8 Å². The van der Waals surface area contributed by atoms with Crippen molar-refractivity contribution >= 4 is 17.6 Å². The molecule has 2 N–H and O–H groups in total. The SMILES string of the molecule is CCCC(=O)N1CCCCC1C(=O)NCCNc1ccc(C)nn1. The zero-order valence-corrected chi connectivity index (χ0v) is 14.5. The quantitative estimate of drug-likeness (QED) is 0.738. The van der Waals surface area contributed by atoms with Crippen molar-refractivity contribution in [1.82, 2.24) is 20.4 Å². The minimum absolute atomic E-state index is 0.0593. The van der Waals surface area contributed by atoms with Crippen molar-refractivity contribution in [1.29, 1.82) is 0 Å². The molecule has 0 saturated carbocycles. The fraction of sp³-hybridized carbons (Fsp3) is 0.647. The van der Waals surface area contributed by atoms with Gasteiger partial charge in [0.05, 0.1) is 5.69 Å². The molecule has 2 amide bonds. The number of nitrogens with zero attached hydrogens (tertiary/aromatic N) is 3. The molecular weight excluding hydrogens is 306 g/mol. The molecule has 24 heavy (non-hydrogen) atoms. The average molecular weight is 333 g/mol. The fourth-order valence-electron chi connectivity index (χ4n) is 2.85. The van der Waals surface area contributed by atoms with Crippen molar-refractivity contribution < 1.29 is 9.59 Å². The minimum atomic E-state index is -0.322. The van der Waals surface area contributed by atoms with Crippen molar-refractivity contribution in [3.8, 4) is 0 Å². The van der Waals surface area contributed by atoms with Crippen LogP contribution in [0.2, 0.25) is 0 Å². The second kappa shape index (κ2) is 9.20. The number of hydrogen-bond acceptors (Lipinski definition) is 5. The van der Waals surface area contributed by atoms with E-state index in [2.05, 4.69) is 20.8 Å². The largest absolute Gasteiger partial charge is 0.367 e. The average Bonchev–Trinajstić information content (AvgIpc) is 2.60. The highest BCUT2D eigenvalue weighted by atomic mass is 16.2. The molecule has 0 aliphatic carbocycles. The van der Waals surface area contributed by atoms with E-state index >= 15 is 0 Å². The van der Waals surface area contributed by atoms with Gasteiger partial charge in [0.2, 0.25) is 11.8 Å². The maximum Gasteiger partial charge on any atom is 0.242 e. The van der Waals surface area contributed by atoms with Gasteiger partial charge in [-0.25, -0.2) is 0 Å². The number of likely N-dealkylation sites (tertiary alicyclic amines) is 1. The van der Waals surface area contributed by atoms with Gasteiger partial charge in [0.25, 0.3) is 0 Å². The van der Waals surface area contributed by atoms with E-state index in [1.165, 1.54) is 0 Å². The number of amides is 2. The van der Waals surface area contributed by atoms with Gasteiger partial charge < -0.3 is 15.5 Å². The molecule has 1 aliphatic heterocycles. The Hall–Kier alpha value is -2.18. The first-order chi connectivity index (χ1) is 11.6. The predicted octanol–water partition coefficient (Wildman–Crippen LogP) is 1.49. The van der Waals surface area contributed by atoms with E-state index in [0.717, 1.165) is 31.4 Å². The lowest BCUT2D eigenvalue weighted by Crippen LogP contribution is -2.52. The molecule has 0 spiro atoms. The van der Waals surface area contributed by atoms with Crippen molar-refractivity contribution in [2.75, 3.05) is 25.0 Å². The van der Waals surface area contributed by atoms with E-state index in [4.69, 9.17) is 0 Å².